The van der Waals surface area contributed by atoms with Crippen molar-refractivity contribution in [3.63, 3.8) is 0 Å². The topological polar surface area (TPSA) is 47.6 Å². The smallest absolute Gasteiger partial charge is 0.0625 e. The number of hydrogen-bond acceptors (Lipinski definition) is 2. The third-order valence-electron chi connectivity index (χ3n) is 1.18. The summed E-state index contributed by atoms with van der Waals surface area (Å²) >= 11 is 0. The summed E-state index contributed by atoms with van der Waals surface area (Å²) < 4.78 is 0. The van der Waals surface area contributed by atoms with Crippen LogP contribution in [-0.2, 0) is 0 Å². The lowest BCUT2D eigenvalue weighted by Gasteiger charge is -1.95. The summed E-state index contributed by atoms with van der Waals surface area (Å²) in [4.78, 5) is 0. The van der Waals surface area contributed by atoms with Crippen molar-refractivity contribution in [3.8, 4) is 12.1 Å². The average molecular weight is 134 g/mol. The molecule has 10 heavy (non-hydrogen) atoms. The van der Waals surface area contributed by atoms with Gasteiger partial charge in [-0.1, -0.05) is 12.2 Å². The van der Waals surface area contributed by atoms with E-state index >= 15 is 0 Å². The molecule has 0 aliphatic carbocycles. The van der Waals surface area contributed by atoms with Gasteiger partial charge in [0.05, 0.1) is 12.1 Å². The fraction of sp³-hybridized carbons (Fsp3) is 0.500. The summed E-state index contributed by atoms with van der Waals surface area (Å²) in [5.41, 5.74) is 1.00. The van der Waals surface area contributed by atoms with E-state index in [-0.39, 0.29) is 0 Å². The van der Waals surface area contributed by atoms with Gasteiger partial charge in [0.25, 0.3) is 0 Å². The summed E-state index contributed by atoms with van der Waals surface area (Å²) in [5.74, 6) is 0. The van der Waals surface area contributed by atoms with Crippen LogP contribution in [0.3, 0.4) is 0 Å². The predicted molar refractivity (Wildman–Crippen MR) is 38.8 cm³/mol. The fourth-order valence-electron chi connectivity index (χ4n) is 0.590. The van der Waals surface area contributed by atoms with E-state index in [0.29, 0.717) is 12.8 Å². The predicted octanol–water partition coefficient (Wildman–Crippen LogP) is 2.15. The van der Waals surface area contributed by atoms with E-state index < -0.39 is 0 Å². The lowest BCUT2D eigenvalue weighted by atomic mass is 10.1. The number of hydrogen-bond donors (Lipinski definition) is 0. The van der Waals surface area contributed by atoms with E-state index in [1.54, 1.807) is 0 Å². The second kappa shape index (κ2) is 5.85. The molecule has 0 aliphatic rings. The molecular weight excluding hydrogens is 124 g/mol. The van der Waals surface area contributed by atoms with Crippen LogP contribution in [0, 0.1) is 22.7 Å². The molecule has 0 fully saturated rings. The summed E-state index contributed by atoms with van der Waals surface area (Å²) in [6, 6.07) is 4.06. The number of allylic oxidation sites excluding steroid dienone is 1. The normalized spacial score (nSPS) is 7.80. The molecule has 0 aromatic carbocycles. The van der Waals surface area contributed by atoms with Gasteiger partial charge < -0.3 is 0 Å². The van der Waals surface area contributed by atoms with Gasteiger partial charge >= 0.3 is 0 Å². The third-order valence-corrected chi connectivity index (χ3v) is 1.18. The van der Waals surface area contributed by atoms with Gasteiger partial charge in [0.1, 0.15) is 0 Å². The monoisotopic (exact) mass is 134 g/mol. The lowest BCUT2D eigenvalue weighted by molar-refractivity contribution is 0.880. The zero-order valence-corrected chi connectivity index (χ0v) is 5.93. The maximum Gasteiger partial charge on any atom is 0.0625 e. The van der Waals surface area contributed by atoms with Crippen LogP contribution in [0.5, 0.6) is 0 Å². The highest BCUT2D eigenvalue weighted by Gasteiger charge is 1.92. The van der Waals surface area contributed by atoms with Crippen molar-refractivity contribution < 1.29 is 0 Å². The van der Waals surface area contributed by atoms with Crippen LogP contribution in [0.4, 0.5) is 0 Å². The molecule has 0 aromatic rings. The van der Waals surface area contributed by atoms with Crippen molar-refractivity contribution in [2.45, 2.75) is 25.7 Å². The molecule has 0 amide bonds. The highest BCUT2D eigenvalue weighted by atomic mass is 14.2. The molecule has 0 saturated heterocycles. The first-order valence-electron chi connectivity index (χ1n) is 3.21. The van der Waals surface area contributed by atoms with Gasteiger partial charge in [0.15, 0.2) is 0 Å². The Morgan fingerprint density at radius 2 is 1.50 bits per heavy atom. The SMILES string of the molecule is C=C(CCC#N)CCC#N. The van der Waals surface area contributed by atoms with Crippen molar-refractivity contribution >= 4 is 0 Å². The molecule has 2 nitrogen and oxygen atoms in total. The minimum Gasteiger partial charge on any atom is -0.198 e. The molecule has 0 saturated carbocycles. The first-order chi connectivity index (χ1) is 4.81. The van der Waals surface area contributed by atoms with Gasteiger partial charge in [-0.05, 0) is 12.8 Å². The Labute approximate surface area is 61.4 Å². The van der Waals surface area contributed by atoms with Gasteiger partial charge in [-0.15, -0.1) is 0 Å². The molecule has 0 unspecified atom stereocenters. The molecule has 52 valence electrons. The Morgan fingerprint density at radius 3 is 1.80 bits per heavy atom. The van der Waals surface area contributed by atoms with Gasteiger partial charge in [0, 0.05) is 12.8 Å². The summed E-state index contributed by atoms with van der Waals surface area (Å²) in [7, 11) is 0. The maximum absolute atomic E-state index is 8.18. The first kappa shape index (κ1) is 8.72. The van der Waals surface area contributed by atoms with Crippen LogP contribution < -0.4 is 0 Å². The van der Waals surface area contributed by atoms with E-state index in [4.69, 9.17) is 10.5 Å². The zero-order valence-electron chi connectivity index (χ0n) is 5.93. The van der Waals surface area contributed by atoms with Gasteiger partial charge in [-0.3, -0.25) is 0 Å². The van der Waals surface area contributed by atoms with Gasteiger partial charge in [0.2, 0.25) is 0 Å². The van der Waals surface area contributed by atoms with Crippen molar-refractivity contribution in [2.24, 2.45) is 0 Å². The molecule has 0 N–H and O–H groups in total. The molecule has 0 aromatic heterocycles. The number of nitriles is 2. The largest absolute Gasteiger partial charge is 0.198 e. The van der Waals surface area contributed by atoms with Crippen molar-refractivity contribution in [2.75, 3.05) is 0 Å². The summed E-state index contributed by atoms with van der Waals surface area (Å²) in [5, 5.41) is 16.4. The molecule has 0 heterocycles. The Hall–Kier alpha value is -1.28. The Kier molecular flexibility index (Phi) is 5.10. The van der Waals surface area contributed by atoms with E-state index in [9.17, 15) is 0 Å². The molecule has 0 radical (unpaired) electrons. The van der Waals surface area contributed by atoms with E-state index in [2.05, 4.69) is 6.58 Å². The Bertz CT molecular complexity index is 160. The fourth-order valence-corrected chi connectivity index (χ4v) is 0.590. The van der Waals surface area contributed by atoms with Gasteiger partial charge in [-0.2, -0.15) is 10.5 Å². The highest BCUT2D eigenvalue weighted by Crippen LogP contribution is 2.07. The quantitative estimate of drug-likeness (QED) is 0.553. The molecular formula is C8H10N2. The Balaban J connectivity index is 3.30. The standard InChI is InChI=1S/C8H10N2/c1-8(4-2-6-9)5-3-7-10/h1-5H2. The third kappa shape index (κ3) is 4.87. The average Bonchev–Trinajstić information content (AvgIpc) is 1.97. The Morgan fingerprint density at radius 1 is 1.10 bits per heavy atom. The van der Waals surface area contributed by atoms with Crippen LogP contribution in [0.15, 0.2) is 12.2 Å². The molecule has 0 aliphatic heterocycles. The van der Waals surface area contributed by atoms with E-state index in [1.807, 2.05) is 12.1 Å². The number of nitrogens with zero attached hydrogens (tertiary/aromatic N) is 2. The summed E-state index contributed by atoms with van der Waals surface area (Å²) in [6.07, 6.45) is 2.50. The molecule has 0 spiro atoms. The van der Waals surface area contributed by atoms with Crippen LogP contribution in [-0.4, -0.2) is 0 Å². The van der Waals surface area contributed by atoms with Crippen molar-refractivity contribution in [1.29, 1.82) is 10.5 Å². The van der Waals surface area contributed by atoms with Crippen LogP contribution in [0.1, 0.15) is 25.7 Å². The number of rotatable bonds is 4. The zero-order chi connectivity index (χ0) is 7.82. The van der Waals surface area contributed by atoms with Crippen molar-refractivity contribution in [1.82, 2.24) is 0 Å². The van der Waals surface area contributed by atoms with Crippen molar-refractivity contribution in [3.05, 3.63) is 12.2 Å². The molecule has 2 heteroatoms. The first-order valence-corrected chi connectivity index (χ1v) is 3.21. The van der Waals surface area contributed by atoms with E-state index in [0.717, 1.165) is 18.4 Å². The lowest BCUT2D eigenvalue weighted by Crippen LogP contribution is -1.79. The second-order valence-corrected chi connectivity index (χ2v) is 2.07. The second-order valence-electron chi connectivity index (χ2n) is 2.07. The highest BCUT2D eigenvalue weighted by molar-refractivity contribution is 4.98. The van der Waals surface area contributed by atoms with Crippen LogP contribution >= 0.6 is 0 Å². The van der Waals surface area contributed by atoms with Crippen LogP contribution in [0.25, 0.3) is 0 Å². The van der Waals surface area contributed by atoms with Gasteiger partial charge in [-0.25, -0.2) is 0 Å². The molecule has 0 atom stereocenters. The summed E-state index contributed by atoms with van der Waals surface area (Å²) in [6.45, 7) is 3.73. The molecule has 0 rings (SSSR count). The minimum atomic E-state index is 0.518. The minimum absolute atomic E-state index is 0.518. The maximum atomic E-state index is 8.18. The van der Waals surface area contributed by atoms with E-state index in [1.165, 1.54) is 0 Å². The molecule has 0 bridgehead atoms. The van der Waals surface area contributed by atoms with Crippen LogP contribution in [0.2, 0.25) is 0 Å².